The van der Waals surface area contributed by atoms with Gasteiger partial charge in [-0.3, -0.25) is 4.98 Å². The first-order chi connectivity index (χ1) is 13.2. The second-order valence-corrected chi connectivity index (χ2v) is 5.55. The summed E-state index contributed by atoms with van der Waals surface area (Å²) in [4.78, 5) is 4.36. The Bertz CT molecular complexity index is 1000. The van der Waals surface area contributed by atoms with Crippen molar-refractivity contribution in [3.05, 3.63) is 42.1 Å². The highest BCUT2D eigenvalue weighted by atomic mass is 16.5. The van der Waals surface area contributed by atoms with E-state index < -0.39 is 0 Å². The van der Waals surface area contributed by atoms with Gasteiger partial charge in [0.1, 0.15) is 17.3 Å². The molecule has 0 radical (unpaired) electrons. The van der Waals surface area contributed by atoms with Crippen LogP contribution in [0.4, 0.5) is 11.4 Å². The molecule has 3 aromatic rings. The molecule has 0 unspecified atom stereocenters. The summed E-state index contributed by atoms with van der Waals surface area (Å²) in [6.07, 6.45) is 1.52. The Kier molecular flexibility index (Phi) is 5.18. The number of para-hydroxylation sites is 1. The third-order valence-electron chi connectivity index (χ3n) is 4.13. The zero-order chi connectivity index (χ0) is 19.4. The molecule has 0 atom stereocenters. The molecule has 1 N–H and O–H groups in total. The van der Waals surface area contributed by atoms with Crippen molar-refractivity contribution in [3.63, 3.8) is 0 Å². The van der Waals surface area contributed by atoms with Crippen LogP contribution >= 0.6 is 0 Å². The highest BCUT2D eigenvalue weighted by Gasteiger charge is 2.16. The van der Waals surface area contributed by atoms with Gasteiger partial charge in [-0.15, -0.1) is 0 Å². The Hall–Kier alpha value is -3.66. The fourth-order valence-corrected chi connectivity index (χ4v) is 2.88. The number of pyridine rings is 1. The average molecular weight is 365 g/mol. The molecule has 2 aromatic carbocycles. The predicted molar refractivity (Wildman–Crippen MR) is 102 cm³/mol. The normalized spacial score (nSPS) is 10.2. The van der Waals surface area contributed by atoms with Gasteiger partial charge in [-0.05, 0) is 6.07 Å². The third kappa shape index (κ3) is 3.25. The molecule has 3 rings (SSSR count). The number of aromatic nitrogens is 1. The molecule has 0 saturated heterocycles. The van der Waals surface area contributed by atoms with Gasteiger partial charge < -0.3 is 24.3 Å². The molecule has 0 bridgehead atoms. The Labute approximate surface area is 157 Å². The molecule has 1 heterocycles. The molecular formula is C20H19N3O4. The summed E-state index contributed by atoms with van der Waals surface area (Å²) in [5.41, 5.74) is 2.37. The smallest absolute Gasteiger partial charge is 0.203 e. The van der Waals surface area contributed by atoms with Gasteiger partial charge in [0.15, 0.2) is 11.5 Å². The van der Waals surface area contributed by atoms with Crippen LogP contribution in [0, 0.1) is 11.3 Å². The van der Waals surface area contributed by atoms with Crippen LogP contribution in [0.1, 0.15) is 5.56 Å². The molecule has 7 heteroatoms. The molecule has 0 saturated carbocycles. The summed E-state index contributed by atoms with van der Waals surface area (Å²) in [6, 6.07) is 11.3. The molecular weight excluding hydrogens is 346 g/mol. The Morgan fingerprint density at radius 3 is 2.15 bits per heavy atom. The lowest BCUT2D eigenvalue weighted by atomic mass is 10.1. The van der Waals surface area contributed by atoms with Crippen LogP contribution in [0.15, 0.2) is 36.5 Å². The van der Waals surface area contributed by atoms with E-state index in [9.17, 15) is 5.26 Å². The topological polar surface area (TPSA) is 85.6 Å². The summed E-state index contributed by atoms with van der Waals surface area (Å²) in [5, 5.41) is 13.6. The van der Waals surface area contributed by atoms with E-state index in [0.717, 1.165) is 5.39 Å². The fourth-order valence-electron chi connectivity index (χ4n) is 2.88. The Morgan fingerprint density at radius 1 is 0.926 bits per heavy atom. The maximum atomic E-state index is 9.54. The van der Waals surface area contributed by atoms with Gasteiger partial charge in [0.2, 0.25) is 5.75 Å². The number of hydrogen-bond donors (Lipinski definition) is 1. The van der Waals surface area contributed by atoms with Crippen molar-refractivity contribution in [2.75, 3.05) is 33.8 Å². The number of nitrogens with one attached hydrogen (secondary N) is 1. The van der Waals surface area contributed by atoms with Crippen molar-refractivity contribution in [3.8, 4) is 29.1 Å². The number of nitriles is 1. The zero-order valence-electron chi connectivity index (χ0n) is 15.5. The molecule has 7 nitrogen and oxygen atoms in total. The van der Waals surface area contributed by atoms with Crippen molar-refractivity contribution in [1.29, 1.82) is 5.26 Å². The minimum Gasteiger partial charge on any atom is -0.494 e. The summed E-state index contributed by atoms with van der Waals surface area (Å²) in [6.45, 7) is 0. The van der Waals surface area contributed by atoms with E-state index >= 15 is 0 Å². The first-order valence-electron chi connectivity index (χ1n) is 8.09. The number of ether oxygens (including phenoxy) is 4. The van der Waals surface area contributed by atoms with Gasteiger partial charge in [-0.1, -0.05) is 12.1 Å². The van der Waals surface area contributed by atoms with Crippen molar-refractivity contribution in [2.24, 2.45) is 0 Å². The lowest BCUT2D eigenvalue weighted by molar-refractivity contribution is 0.324. The Balaban J connectivity index is 2.18. The molecule has 1 aromatic heterocycles. The highest BCUT2D eigenvalue weighted by Crippen LogP contribution is 2.41. The van der Waals surface area contributed by atoms with Crippen molar-refractivity contribution >= 4 is 22.3 Å². The van der Waals surface area contributed by atoms with Crippen molar-refractivity contribution in [2.45, 2.75) is 0 Å². The van der Waals surface area contributed by atoms with Gasteiger partial charge in [0, 0.05) is 29.4 Å². The van der Waals surface area contributed by atoms with Crippen molar-refractivity contribution in [1.82, 2.24) is 4.98 Å². The predicted octanol–water partition coefficient (Wildman–Crippen LogP) is 3.88. The van der Waals surface area contributed by atoms with Crippen LogP contribution in [-0.2, 0) is 0 Å². The summed E-state index contributed by atoms with van der Waals surface area (Å²) in [7, 11) is 6.23. The molecule has 138 valence electrons. The zero-order valence-corrected chi connectivity index (χ0v) is 15.5. The SMILES string of the molecule is COc1cc(Nc2c(C#N)cnc3c(OC)cccc23)cc(OC)c1OC. The second kappa shape index (κ2) is 7.70. The van der Waals surface area contributed by atoms with Crippen LogP contribution in [0.25, 0.3) is 10.9 Å². The highest BCUT2D eigenvalue weighted by molar-refractivity contribution is 5.98. The lowest BCUT2D eigenvalue weighted by Crippen LogP contribution is -2.00. The van der Waals surface area contributed by atoms with E-state index in [2.05, 4.69) is 16.4 Å². The Morgan fingerprint density at radius 2 is 1.59 bits per heavy atom. The van der Waals surface area contributed by atoms with Crippen LogP contribution < -0.4 is 24.3 Å². The van der Waals surface area contributed by atoms with E-state index in [4.69, 9.17) is 18.9 Å². The molecule has 0 spiro atoms. The molecule has 0 amide bonds. The maximum absolute atomic E-state index is 9.54. The third-order valence-corrected chi connectivity index (χ3v) is 4.13. The molecule has 0 aliphatic carbocycles. The van der Waals surface area contributed by atoms with Gasteiger partial charge >= 0.3 is 0 Å². The standard InChI is InChI=1S/C20H19N3O4/c1-24-15-7-5-6-14-18(12(10-21)11-22-19(14)15)23-13-8-16(25-2)20(27-4)17(9-13)26-3/h5-9,11H,1-4H3,(H,22,23). The minimum atomic E-state index is 0.407. The molecule has 0 aliphatic rings. The largest absolute Gasteiger partial charge is 0.494 e. The van der Waals surface area contributed by atoms with E-state index in [-0.39, 0.29) is 0 Å². The first-order valence-corrected chi connectivity index (χ1v) is 8.09. The van der Waals surface area contributed by atoms with Crippen molar-refractivity contribution < 1.29 is 18.9 Å². The quantitative estimate of drug-likeness (QED) is 0.709. The number of benzene rings is 2. The van der Waals surface area contributed by atoms with E-state index in [1.165, 1.54) is 6.20 Å². The maximum Gasteiger partial charge on any atom is 0.203 e. The number of anilines is 2. The molecule has 27 heavy (non-hydrogen) atoms. The van der Waals surface area contributed by atoms with E-state index in [1.54, 1.807) is 40.6 Å². The van der Waals surface area contributed by atoms with E-state index in [0.29, 0.717) is 45.5 Å². The fraction of sp³-hybridized carbons (Fsp3) is 0.200. The lowest BCUT2D eigenvalue weighted by Gasteiger charge is -2.17. The minimum absolute atomic E-state index is 0.407. The molecule has 0 aliphatic heterocycles. The van der Waals surface area contributed by atoms with Gasteiger partial charge in [-0.25, -0.2) is 0 Å². The summed E-state index contributed by atoms with van der Waals surface area (Å²) < 4.78 is 21.5. The van der Waals surface area contributed by atoms with Gasteiger partial charge in [0.25, 0.3) is 0 Å². The number of rotatable bonds is 6. The number of nitrogens with zero attached hydrogens (tertiary/aromatic N) is 2. The average Bonchev–Trinajstić information content (AvgIpc) is 2.72. The first kappa shape index (κ1) is 18.1. The van der Waals surface area contributed by atoms with Crippen LogP contribution in [0.5, 0.6) is 23.0 Å². The van der Waals surface area contributed by atoms with Crippen LogP contribution in [-0.4, -0.2) is 33.4 Å². The second-order valence-electron chi connectivity index (χ2n) is 5.55. The van der Waals surface area contributed by atoms with E-state index in [1.807, 2.05) is 18.2 Å². The monoisotopic (exact) mass is 365 g/mol. The van der Waals surface area contributed by atoms with Crippen LogP contribution in [0.3, 0.4) is 0 Å². The summed E-state index contributed by atoms with van der Waals surface area (Å²) in [5.74, 6) is 2.14. The number of methoxy groups -OCH3 is 4. The summed E-state index contributed by atoms with van der Waals surface area (Å²) >= 11 is 0. The number of fused-ring (bicyclic) bond motifs is 1. The number of hydrogen-bond acceptors (Lipinski definition) is 7. The van der Waals surface area contributed by atoms with Gasteiger partial charge in [-0.2, -0.15) is 5.26 Å². The van der Waals surface area contributed by atoms with Gasteiger partial charge in [0.05, 0.1) is 39.7 Å². The molecule has 0 fully saturated rings. The van der Waals surface area contributed by atoms with Crippen LogP contribution in [0.2, 0.25) is 0 Å².